The topological polar surface area (TPSA) is 77.7 Å². The molecule has 2 aliphatic carbocycles. The van der Waals surface area contributed by atoms with Crippen LogP contribution in [0, 0.1) is 17.8 Å². The molecule has 0 spiro atoms. The second kappa shape index (κ2) is 7.54. The molecule has 0 N–H and O–H groups in total. The fraction of sp³-hybridized carbons (Fsp3) is 0.571. The Hall–Kier alpha value is -2.41. The van der Waals surface area contributed by atoms with Gasteiger partial charge in [0, 0.05) is 13.1 Å². The van der Waals surface area contributed by atoms with Gasteiger partial charge in [-0.3, -0.25) is 4.79 Å². The summed E-state index contributed by atoms with van der Waals surface area (Å²) in [5.74, 6) is 3.02. The van der Waals surface area contributed by atoms with E-state index in [0.29, 0.717) is 49.9 Å². The molecule has 1 aliphatic heterocycles. The first-order chi connectivity index (χ1) is 13.8. The van der Waals surface area contributed by atoms with E-state index in [4.69, 9.17) is 14.0 Å². The van der Waals surface area contributed by atoms with Crippen molar-refractivity contribution in [2.45, 2.75) is 31.8 Å². The van der Waals surface area contributed by atoms with Crippen molar-refractivity contribution < 1.29 is 18.8 Å². The number of ether oxygens (including phenoxy) is 2. The Morgan fingerprint density at radius 3 is 2.75 bits per heavy atom. The third-order valence-corrected chi connectivity index (χ3v) is 6.40. The zero-order chi connectivity index (χ0) is 18.9. The third-order valence-electron chi connectivity index (χ3n) is 6.40. The van der Waals surface area contributed by atoms with Gasteiger partial charge >= 0.3 is 0 Å². The van der Waals surface area contributed by atoms with E-state index in [0.717, 1.165) is 25.0 Å². The van der Waals surface area contributed by atoms with Crippen molar-refractivity contribution in [3.8, 4) is 5.75 Å². The largest absolute Gasteiger partial charge is 0.485 e. The van der Waals surface area contributed by atoms with Gasteiger partial charge in [0.25, 0.3) is 0 Å². The van der Waals surface area contributed by atoms with Crippen LogP contribution in [-0.2, 0) is 16.1 Å². The number of para-hydroxylation sites is 1. The van der Waals surface area contributed by atoms with Crippen molar-refractivity contribution in [3.63, 3.8) is 0 Å². The molecule has 2 saturated carbocycles. The summed E-state index contributed by atoms with van der Waals surface area (Å²) in [4.78, 5) is 19.8. The summed E-state index contributed by atoms with van der Waals surface area (Å²) in [7, 11) is 0. The molecule has 5 rings (SSSR count). The highest BCUT2D eigenvalue weighted by molar-refractivity contribution is 5.81. The zero-order valence-corrected chi connectivity index (χ0v) is 15.8. The summed E-state index contributed by atoms with van der Waals surface area (Å²) in [6, 6.07) is 9.59. The summed E-state index contributed by atoms with van der Waals surface area (Å²) >= 11 is 0. The highest BCUT2D eigenvalue weighted by atomic mass is 16.5. The normalized spacial score (nSPS) is 29.2. The highest BCUT2D eigenvalue weighted by Crippen LogP contribution is 2.56. The fourth-order valence-corrected chi connectivity index (χ4v) is 5.12. The molecule has 3 aliphatic rings. The first-order valence-corrected chi connectivity index (χ1v) is 10.2. The van der Waals surface area contributed by atoms with Crippen LogP contribution in [0.25, 0.3) is 0 Å². The third kappa shape index (κ3) is 3.28. The number of fused-ring (bicyclic) bond motifs is 2. The van der Waals surface area contributed by atoms with Crippen LogP contribution in [0.15, 0.2) is 34.9 Å². The van der Waals surface area contributed by atoms with Crippen molar-refractivity contribution in [1.82, 2.24) is 15.0 Å². The maximum Gasteiger partial charge on any atom is 0.230 e. The molecule has 148 valence electrons. The van der Waals surface area contributed by atoms with E-state index in [2.05, 4.69) is 10.1 Å². The highest BCUT2D eigenvalue weighted by Gasteiger charge is 2.54. The van der Waals surface area contributed by atoms with Crippen molar-refractivity contribution >= 4 is 5.91 Å². The predicted octanol–water partition coefficient (Wildman–Crippen LogP) is 2.64. The summed E-state index contributed by atoms with van der Waals surface area (Å²) in [6.45, 7) is 2.87. The quantitative estimate of drug-likeness (QED) is 0.790. The Morgan fingerprint density at radius 1 is 1.14 bits per heavy atom. The molecule has 1 saturated heterocycles. The lowest BCUT2D eigenvalue weighted by atomic mass is 9.78. The number of carbonyl (C=O) groups excluding carboxylic acids is 1. The minimum Gasteiger partial charge on any atom is -0.485 e. The molecular formula is C21H25N3O4. The molecule has 2 heterocycles. The SMILES string of the molecule is O=C([C@H]1[C@H]2CC[C@H](C2)[C@@H]1c1nc(COc2ccccc2)no1)N1CCOCC1. The number of hydrogen-bond donors (Lipinski definition) is 0. The van der Waals surface area contributed by atoms with Gasteiger partial charge in [-0.15, -0.1) is 0 Å². The van der Waals surface area contributed by atoms with Gasteiger partial charge in [0.1, 0.15) is 5.75 Å². The summed E-state index contributed by atoms with van der Waals surface area (Å²) in [5, 5.41) is 4.11. The second-order valence-electron chi connectivity index (χ2n) is 7.97. The van der Waals surface area contributed by atoms with Crippen LogP contribution in [0.5, 0.6) is 5.75 Å². The first kappa shape index (κ1) is 17.7. The Labute approximate surface area is 164 Å². The number of carbonyl (C=O) groups is 1. The molecule has 1 aromatic heterocycles. The van der Waals surface area contributed by atoms with Gasteiger partial charge in [0.15, 0.2) is 6.61 Å². The lowest BCUT2D eigenvalue weighted by molar-refractivity contribution is -0.142. The van der Waals surface area contributed by atoms with Gasteiger partial charge in [-0.2, -0.15) is 4.98 Å². The smallest absolute Gasteiger partial charge is 0.230 e. The van der Waals surface area contributed by atoms with Gasteiger partial charge in [-0.05, 0) is 43.2 Å². The van der Waals surface area contributed by atoms with Gasteiger partial charge in [0.05, 0.1) is 25.0 Å². The summed E-state index contributed by atoms with van der Waals surface area (Å²) in [6.07, 6.45) is 3.35. The number of hydrogen-bond acceptors (Lipinski definition) is 6. The fourth-order valence-electron chi connectivity index (χ4n) is 5.12. The molecule has 2 aromatic rings. The number of morpholine rings is 1. The van der Waals surface area contributed by atoms with Crippen LogP contribution < -0.4 is 4.74 Å². The monoisotopic (exact) mass is 383 g/mol. The molecule has 1 amide bonds. The lowest BCUT2D eigenvalue weighted by Crippen LogP contribution is -2.46. The van der Waals surface area contributed by atoms with E-state index in [1.165, 1.54) is 0 Å². The molecule has 0 radical (unpaired) electrons. The first-order valence-electron chi connectivity index (χ1n) is 10.2. The molecule has 28 heavy (non-hydrogen) atoms. The average molecular weight is 383 g/mol. The van der Waals surface area contributed by atoms with Crippen molar-refractivity contribution in [3.05, 3.63) is 42.0 Å². The van der Waals surface area contributed by atoms with Gasteiger partial charge in [0.2, 0.25) is 17.6 Å². The molecular weight excluding hydrogens is 358 g/mol. The van der Waals surface area contributed by atoms with Crippen LogP contribution in [0.1, 0.15) is 36.9 Å². The van der Waals surface area contributed by atoms with Gasteiger partial charge < -0.3 is 18.9 Å². The maximum atomic E-state index is 13.2. The van der Waals surface area contributed by atoms with Crippen LogP contribution in [0.2, 0.25) is 0 Å². The van der Waals surface area contributed by atoms with E-state index in [1.807, 2.05) is 35.2 Å². The number of benzene rings is 1. The Balaban J connectivity index is 1.31. The van der Waals surface area contributed by atoms with E-state index in [9.17, 15) is 4.79 Å². The van der Waals surface area contributed by atoms with Crippen LogP contribution in [0.3, 0.4) is 0 Å². The Kier molecular flexibility index (Phi) is 4.76. The predicted molar refractivity (Wildman–Crippen MR) is 99.5 cm³/mol. The second-order valence-corrected chi connectivity index (χ2v) is 7.97. The number of aromatic nitrogens is 2. The zero-order valence-electron chi connectivity index (χ0n) is 15.8. The van der Waals surface area contributed by atoms with E-state index in [1.54, 1.807) is 0 Å². The molecule has 3 fully saturated rings. The standard InChI is InChI=1S/C21H25N3O4/c25-21(24-8-10-26-11-9-24)19-15-7-6-14(12-15)18(19)20-22-17(23-28-20)13-27-16-4-2-1-3-5-16/h1-5,14-15,18-19H,6-13H2/t14-,15+,18+,19+/m1/s1. The van der Waals surface area contributed by atoms with Crippen LogP contribution in [-0.4, -0.2) is 47.3 Å². The van der Waals surface area contributed by atoms with Crippen LogP contribution >= 0.6 is 0 Å². The molecule has 1 aromatic carbocycles. The van der Waals surface area contributed by atoms with Gasteiger partial charge in [-0.1, -0.05) is 23.4 Å². The molecule has 0 unspecified atom stereocenters. The molecule has 2 bridgehead atoms. The Morgan fingerprint density at radius 2 is 1.93 bits per heavy atom. The number of amides is 1. The van der Waals surface area contributed by atoms with Crippen molar-refractivity contribution in [2.24, 2.45) is 17.8 Å². The minimum atomic E-state index is -0.0415. The Bertz CT molecular complexity index is 818. The van der Waals surface area contributed by atoms with Crippen LogP contribution in [0.4, 0.5) is 0 Å². The van der Waals surface area contributed by atoms with E-state index < -0.39 is 0 Å². The minimum absolute atomic E-state index is 0.0343. The van der Waals surface area contributed by atoms with E-state index >= 15 is 0 Å². The maximum absolute atomic E-state index is 13.2. The van der Waals surface area contributed by atoms with Crippen molar-refractivity contribution in [2.75, 3.05) is 26.3 Å². The number of rotatable bonds is 5. The molecule has 7 nitrogen and oxygen atoms in total. The molecule has 7 heteroatoms. The summed E-state index contributed by atoms with van der Waals surface area (Å²) < 4.78 is 16.8. The van der Waals surface area contributed by atoms with E-state index in [-0.39, 0.29) is 24.3 Å². The number of nitrogens with zero attached hydrogens (tertiary/aromatic N) is 3. The van der Waals surface area contributed by atoms with Gasteiger partial charge in [-0.25, -0.2) is 0 Å². The lowest BCUT2D eigenvalue weighted by Gasteiger charge is -2.34. The average Bonchev–Trinajstić information content (AvgIpc) is 3.49. The molecule has 4 atom stereocenters. The summed E-state index contributed by atoms with van der Waals surface area (Å²) in [5.41, 5.74) is 0. The van der Waals surface area contributed by atoms with Crippen molar-refractivity contribution in [1.29, 1.82) is 0 Å².